The van der Waals surface area contributed by atoms with Crippen LogP contribution in [0.3, 0.4) is 0 Å². The molecule has 0 aromatic rings. The minimum absolute atomic E-state index is 0.0262. The second kappa shape index (κ2) is 7.69. The topological polar surface area (TPSA) is 57.6 Å². The van der Waals surface area contributed by atoms with E-state index in [0.29, 0.717) is 19.4 Å². The van der Waals surface area contributed by atoms with E-state index in [1.54, 1.807) is 0 Å². The summed E-state index contributed by atoms with van der Waals surface area (Å²) in [5, 5.41) is 8.57. The van der Waals surface area contributed by atoms with E-state index >= 15 is 0 Å². The number of nitrogens with zero attached hydrogens (tertiary/aromatic N) is 1. The third-order valence-electron chi connectivity index (χ3n) is 1.94. The Morgan fingerprint density at radius 3 is 2.53 bits per heavy atom. The molecule has 4 nitrogen and oxygen atoms in total. The van der Waals surface area contributed by atoms with E-state index in [1.807, 2.05) is 6.92 Å². The van der Waals surface area contributed by atoms with Gasteiger partial charge in [0.15, 0.2) is 0 Å². The Balaban J connectivity index is 4.30. The van der Waals surface area contributed by atoms with Gasteiger partial charge in [-0.2, -0.15) is 4.31 Å². The Bertz CT molecular complexity index is 292. The number of hydrogen-bond acceptors (Lipinski definition) is 3. The largest absolute Gasteiger partial charge is 0.396 e. The van der Waals surface area contributed by atoms with Gasteiger partial charge in [0.1, 0.15) is 0 Å². The molecule has 0 rings (SSSR count). The molecule has 0 saturated carbocycles. The fourth-order valence-corrected chi connectivity index (χ4v) is 2.75. The number of sulfonamides is 1. The van der Waals surface area contributed by atoms with Crippen LogP contribution in [-0.4, -0.2) is 43.3 Å². The summed E-state index contributed by atoms with van der Waals surface area (Å²) in [5.74, 6) is 2.41. The normalized spacial score (nSPS) is 11.6. The van der Waals surface area contributed by atoms with Crippen molar-refractivity contribution in [1.29, 1.82) is 0 Å². The van der Waals surface area contributed by atoms with Gasteiger partial charge in [-0.1, -0.05) is 12.8 Å². The summed E-state index contributed by atoms with van der Waals surface area (Å²) in [6.07, 6.45) is 6.85. The molecule has 0 aromatic carbocycles. The summed E-state index contributed by atoms with van der Waals surface area (Å²) < 4.78 is 24.8. The molecule has 0 heterocycles. The lowest BCUT2D eigenvalue weighted by Gasteiger charge is -2.18. The van der Waals surface area contributed by atoms with Gasteiger partial charge in [-0.3, -0.25) is 0 Å². The van der Waals surface area contributed by atoms with E-state index in [2.05, 4.69) is 5.92 Å². The van der Waals surface area contributed by atoms with Crippen molar-refractivity contribution in [3.8, 4) is 12.3 Å². The lowest BCUT2D eigenvalue weighted by atomic mass is 10.4. The van der Waals surface area contributed by atoms with Crippen LogP contribution in [0, 0.1) is 12.3 Å². The molecule has 0 aliphatic carbocycles. The van der Waals surface area contributed by atoms with Crippen LogP contribution < -0.4 is 0 Å². The highest BCUT2D eigenvalue weighted by Crippen LogP contribution is 2.05. The van der Waals surface area contributed by atoms with Crippen molar-refractivity contribution in [1.82, 2.24) is 4.31 Å². The van der Waals surface area contributed by atoms with Gasteiger partial charge in [-0.15, -0.1) is 6.42 Å². The van der Waals surface area contributed by atoms with E-state index in [9.17, 15) is 8.42 Å². The molecule has 5 heteroatoms. The molecule has 0 aromatic heterocycles. The van der Waals surface area contributed by atoms with E-state index in [0.717, 1.165) is 6.42 Å². The molecule has 0 fully saturated rings. The molecule has 15 heavy (non-hydrogen) atoms. The Hall–Kier alpha value is -0.570. The van der Waals surface area contributed by atoms with Crippen LogP contribution in [0.25, 0.3) is 0 Å². The van der Waals surface area contributed by atoms with Gasteiger partial charge in [0.25, 0.3) is 0 Å². The zero-order chi connectivity index (χ0) is 11.7. The number of unbranched alkanes of at least 4 members (excludes halogenated alkanes) is 1. The lowest BCUT2D eigenvalue weighted by molar-refractivity contribution is 0.287. The van der Waals surface area contributed by atoms with Crippen LogP contribution in [0.4, 0.5) is 0 Å². The molecular weight excluding hydrogens is 214 g/mol. The Kier molecular flexibility index (Phi) is 7.39. The Morgan fingerprint density at radius 2 is 2.07 bits per heavy atom. The van der Waals surface area contributed by atoms with Crippen molar-refractivity contribution < 1.29 is 13.5 Å². The summed E-state index contributed by atoms with van der Waals surface area (Å²) in [5.41, 5.74) is 0. The molecule has 0 spiro atoms. The quantitative estimate of drug-likeness (QED) is 0.489. The number of hydrogen-bond donors (Lipinski definition) is 1. The minimum Gasteiger partial charge on any atom is -0.396 e. The summed E-state index contributed by atoms with van der Waals surface area (Å²) >= 11 is 0. The second-order valence-corrected chi connectivity index (χ2v) is 5.37. The van der Waals surface area contributed by atoms with Crippen molar-refractivity contribution in [2.75, 3.05) is 25.4 Å². The van der Waals surface area contributed by atoms with Gasteiger partial charge < -0.3 is 5.11 Å². The molecule has 0 saturated heterocycles. The van der Waals surface area contributed by atoms with E-state index in [4.69, 9.17) is 11.5 Å². The van der Waals surface area contributed by atoms with Crippen molar-refractivity contribution >= 4 is 10.0 Å². The van der Waals surface area contributed by atoms with Crippen molar-refractivity contribution in [2.45, 2.75) is 26.2 Å². The zero-order valence-electron chi connectivity index (χ0n) is 9.15. The summed E-state index contributed by atoms with van der Waals surface area (Å²) in [6.45, 7) is 2.53. The van der Waals surface area contributed by atoms with Gasteiger partial charge in [-0.05, 0) is 19.3 Å². The molecule has 0 aliphatic rings. The van der Waals surface area contributed by atoms with Crippen molar-refractivity contribution in [3.05, 3.63) is 0 Å². The average Bonchev–Trinajstić information content (AvgIpc) is 2.18. The third-order valence-corrected chi connectivity index (χ3v) is 3.85. The second-order valence-electron chi connectivity index (χ2n) is 3.28. The smallest absolute Gasteiger partial charge is 0.214 e. The van der Waals surface area contributed by atoms with Crippen LogP contribution >= 0.6 is 0 Å². The SMILES string of the molecule is C#CCN(CCC)S(=O)(=O)CCCCO. The maximum Gasteiger partial charge on any atom is 0.214 e. The highest BCUT2D eigenvalue weighted by atomic mass is 32.2. The first-order valence-electron chi connectivity index (χ1n) is 5.10. The zero-order valence-corrected chi connectivity index (χ0v) is 9.96. The highest BCUT2D eigenvalue weighted by molar-refractivity contribution is 7.89. The monoisotopic (exact) mass is 233 g/mol. The van der Waals surface area contributed by atoms with Crippen LogP contribution in [0.1, 0.15) is 26.2 Å². The van der Waals surface area contributed by atoms with Gasteiger partial charge in [0.2, 0.25) is 10.0 Å². The molecule has 0 unspecified atom stereocenters. The predicted molar refractivity (Wildman–Crippen MR) is 60.8 cm³/mol. The standard InChI is InChI=1S/C10H19NO3S/c1-3-7-11(8-4-2)15(13,14)10-6-5-9-12/h1,12H,4-10H2,2H3. The van der Waals surface area contributed by atoms with Gasteiger partial charge in [0, 0.05) is 13.2 Å². The van der Waals surface area contributed by atoms with Gasteiger partial charge in [-0.25, -0.2) is 8.42 Å². The van der Waals surface area contributed by atoms with E-state index in [1.165, 1.54) is 4.31 Å². The first-order chi connectivity index (χ1) is 7.08. The van der Waals surface area contributed by atoms with Gasteiger partial charge in [0.05, 0.1) is 12.3 Å². The summed E-state index contributed by atoms with van der Waals surface area (Å²) in [6, 6.07) is 0. The Labute approximate surface area is 92.3 Å². The first kappa shape index (κ1) is 14.4. The molecule has 0 aliphatic heterocycles. The average molecular weight is 233 g/mol. The molecule has 0 amide bonds. The van der Waals surface area contributed by atoms with E-state index in [-0.39, 0.29) is 18.9 Å². The molecule has 1 N–H and O–H groups in total. The maximum atomic E-state index is 11.7. The maximum absolute atomic E-state index is 11.7. The third kappa shape index (κ3) is 5.78. The number of rotatable bonds is 8. The summed E-state index contributed by atoms with van der Waals surface area (Å²) in [4.78, 5) is 0. The van der Waals surface area contributed by atoms with Crippen LogP contribution in [-0.2, 0) is 10.0 Å². The van der Waals surface area contributed by atoms with Crippen LogP contribution in [0.15, 0.2) is 0 Å². The summed E-state index contributed by atoms with van der Waals surface area (Å²) in [7, 11) is -3.24. The molecule has 0 radical (unpaired) electrons. The van der Waals surface area contributed by atoms with Crippen LogP contribution in [0.5, 0.6) is 0 Å². The number of aliphatic hydroxyl groups excluding tert-OH is 1. The number of terminal acetylenes is 1. The van der Waals surface area contributed by atoms with Crippen molar-refractivity contribution in [3.63, 3.8) is 0 Å². The van der Waals surface area contributed by atoms with Crippen LogP contribution in [0.2, 0.25) is 0 Å². The highest BCUT2D eigenvalue weighted by Gasteiger charge is 2.19. The predicted octanol–water partition coefficient (Wildman–Crippen LogP) is 0.434. The molecule has 88 valence electrons. The minimum atomic E-state index is -3.24. The Morgan fingerprint density at radius 1 is 1.40 bits per heavy atom. The molecular formula is C10H19NO3S. The van der Waals surface area contributed by atoms with Crippen molar-refractivity contribution in [2.24, 2.45) is 0 Å². The van der Waals surface area contributed by atoms with Gasteiger partial charge >= 0.3 is 0 Å². The first-order valence-corrected chi connectivity index (χ1v) is 6.71. The lowest BCUT2D eigenvalue weighted by Crippen LogP contribution is -2.34. The molecule has 0 atom stereocenters. The molecule has 0 bridgehead atoms. The fraction of sp³-hybridized carbons (Fsp3) is 0.800. The fourth-order valence-electron chi connectivity index (χ4n) is 1.19. The van der Waals surface area contributed by atoms with E-state index < -0.39 is 10.0 Å². The number of aliphatic hydroxyl groups is 1.